The molecule has 5 nitrogen and oxygen atoms in total. The molecule has 0 radical (unpaired) electrons. The fourth-order valence-corrected chi connectivity index (χ4v) is 1.76. The summed E-state index contributed by atoms with van der Waals surface area (Å²) < 4.78 is 11.0. The number of nitrogens with zero attached hydrogens (tertiary/aromatic N) is 1. The summed E-state index contributed by atoms with van der Waals surface area (Å²) >= 11 is 5.75. The first-order valence-corrected chi connectivity index (χ1v) is 6.78. The number of aromatic carboxylic acids is 1. The van der Waals surface area contributed by atoms with Crippen LogP contribution < -0.4 is 9.47 Å². The van der Waals surface area contributed by atoms with Crippen molar-refractivity contribution in [1.82, 2.24) is 4.98 Å². The molecule has 21 heavy (non-hydrogen) atoms. The van der Waals surface area contributed by atoms with E-state index in [4.69, 9.17) is 26.2 Å². The molecular formula is C15H14ClNO4. The van der Waals surface area contributed by atoms with E-state index in [0.717, 1.165) is 12.2 Å². The van der Waals surface area contributed by atoms with Gasteiger partial charge < -0.3 is 14.6 Å². The molecule has 6 heteroatoms. The first kappa shape index (κ1) is 15.1. The van der Waals surface area contributed by atoms with Crippen LogP contribution in [0.15, 0.2) is 36.4 Å². The van der Waals surface area contributed by atoms with E-state index in [0.29, 0.717) is 12.4 Å². The number of halogens is 1. The minimum absolute atomic E-state index is 0.0677. The third kappa shape index (κ3) is 4.10. The lowest BCUT2D eigenvalue weighted by atomic mass is 10.3. The van der Waals surface area contributed by atoms with Gasteiger partial charge in [0.1, 0.15) is 11.5 Å². The molecule has 0 aliphatic heterocycles. The quantitative estimate of drug-likeness (QED) is 0.873. The van der Waals surface area contributed by atoms with Crippen molar-refractivity contribution in [2.45, 2.75) is 13.3 Å². The van der Waals surface area contributed by atoms with E-state index in [1.807, 2.05) is 6.92 Å². The second-order valence-corrected chi connectivity index (χ2v) is 4.61. The standard InChI is InChI=1S/C15H14ClNO4/c1-2-9-20-10-3-5-11(6-4-10)21-13-8-7-12(16)14(17-13)15(18)19/h3-8H,2,9H2,1H3,(H,18,19). The predicted molar refractivity (Wildman–Crippen MR) is 78.5 cm³/mol. The Balaban J connectivity index is 2.11. The molecule has 1 heterocycles. The normalized spacial score (nSPS) is 10.2. The number of rotatable bonds is 6. The Morgan fingerprint density at radius 1 is 1.19 bits per heavy atom. The Kier molecular flexibility index (Phi) is 5.00. The maximum Gasteiger partial charge on any atom is 0.356 e. The molecule has 110 valence electrons. The SMILES string of the molecule is CCCOc1ccc(Oc2ccc(Cl)c(C(=O)O)n2)cc1. The van der Waals surface area contributed by atoms with Crippen LogP contribution in [-0.2, 0) is 0 Å². The summed E-state index contributed by atoms with van der Waals surface area (Å²) in [4.78, 5) is 14.8. The summed E-state index contributed by atoms with van der Waals surface area (Å²) in [5, 5.41) is 9.02. The third-order valence-electron chi connectivity index (χ3n) is 2.54. The maximum absolute atomic E-state index is 11.0. The van der Waals surface area contributed by atoms with Gasteiger partial charge in [-0.1, -0.05) is 18.5 Å². The minimum atomic E-state index is -1.20. The number of carbonyl (C=O) groups is 1. The molecule has 1 aromatic heterocycles. The van der Waals surface area contributed by atoms with Crippen molar-refractivity contribution < 1.29 is 19.4 Å². The van der Waals surface area contributed by atoms with Crippen molar-refractivity contribution in [2.24, 2.45) is 0 Å². The lowest BCUT2D eigenvalue weighted by Crippen LogP contribution is -2.02. The molecule has 2 rings (SSSR count). The molecule has 1 N–H and O–H groups in total. The van der Waals surface area contributed by atoms with Gasteiger partial charge in [0.15, 0.2) is 5.69 Å². The van der Waals surface area contributed by atoms with Crippen molar-refractivity contribution in [3.8, 4) is 17.4 Å². The number of pyridine rings is 1. The highest BCUT2D eigenvalue weighted by atomic mass is 35.5. The molecule has 0 spiro atoms. The summed E-state index contributed by atoms with van der Waals surface area (Å²) in [6.07, 6.45) is 0.935. The maximum atomic E-state index is 11.0. The first-order chi connectivity index (χ1) is 10.1. The highest BCUT2D eigenvalue weighted by Crippen LogP contribution is 2.25. The van der Waals surface area contributed by atoms with E-state index < -0.39 is 5.97 Å². The highest BCUT2D eigenvalue weighted by Gasteiger charge is 2.12. The first-order valence-electron chi connectivity index (χ1n) is 6.40. The second-order valence-electron chi connectivity index (χ2n) is 4.21. The van der Waals surface area contributed by atoms with Gasteiger partial charge in [-0.05, 0) is 36.8 Å². The number of carboxylic acid groups (broad SMARTS) is 1. The fourth-order valence-electron chi connectivity index (χ4n) is 1.58. The van der Waals surface area contributed by atoms with E-state index in [9.17, 15) is 4.79 Å². The minimum Gasteiger partial charge on any atom is -0.494 e. The van der Waals surface area contributed by atoms with E-state index >= 15 is 0 Å². The van der Waals surface area contributed by atoms with Gasteiger partial charge >= 0.3 is 5.97 Å². The van der Waals surface area contributed by atoms with Crippen molar-refractivity contribution in [2.75, 3.05) is 6.61 Å². The summed E-state index contributed by atoms with van der Waals surface area (Å²) in [6.45, 7) is 2.69. The van der Waals surface area contributed by atoms with Crippen LogP contribution in [0, 0.1) is 0 Å². The van der Waals surface area contributed by atoms with Crippen LogP contribution in [0.4, 0.5) is 0 Å². The third-order valence-corrected chi connectivity index (χ3v) is 2.85. The highest BCUT2D eigenvalue weighted by molar-refractivity contribution is 6.33. The molecule has 0 atom stereocenters. The molecule has 0 aliphatic rings. The van der Waals surface area contributed by atoms with Crippen molar-refractivity contribution in [3.63, 3.8) is 0 Å². The Hall–Kier alpha value is -2.27. The van der Waals surface area contributed by atoms with Crippen LogP contribution in [0.1, 0.15) is 23.8 Å². The van der Waals surface area contributed by atoms with Crippen molar-refractivity contribution in [3.05, 3.63) is 47.1 Å². The Morgan fingerprint density at radius 2 is 1.86 bits per heavy atom. The number of ether oxygens (including phenoxy) is 2. The lowest BCUT2D eigenvalue weighted by Gasteiger charge is -2.08. The Labute approximate surface area is 127 Å². The van der Waals surface area contributed by atoms with Crippen LogP contribution in [0.2, 0.25) is 5.02 Å². The molecule has 0 bridgehead atoms. The van der Waals surface area contributed by atoms with Gasteiger partial charge in [0.25, 0.3) is 0 Å². The van der Waals surface area contributed by atoms with E-state index in [-0.39, 0.29) is 16.6 Å². The van der Waals surface area contributed by atoms with Gasteiger partial charge in [-0.3, -0.25) is 0 Å². The molecule has 1 aromatic carbocycles. The van der Waals surface area contributed by atoms with Crippen LogP contribution in [0.3, 0.4) is 0 Å². The predicted octanol–water partition coefficient (Wildman–Crippen LogP) is 4.01. The van der Waals surface area contributed by atoms with E-state index in [1.54, 1.807) is 24.3 Å². The van der Waals surface area contributed by atoms with Gasteiger partial charge in [0.2, 0.25) is 5.88 Å². The molecule has 0 unspecified atom stereocenters. The molecule has 0 saturated carbocycles. The zero-order valence-corrected chi connectivity index (χ0v) is 12.1. The van der Waals surface area contributed by atoms with Gasteiger partial charge in [-0.2, -0.15) is 0 Å². The lowest BCUT2D eigenvalue weighted by molar-refractivity contribution is 0.0690. The van der Waals surface area contributed by atoms with Gasteiger partial charge in [-0.25, -0.2) is 9.78 Å². The monoisotopic (exact) mass is 307 g/mol. The summed E-state index contributed by atoms with van der Waals surface area (Å²) in [5.74, 6) is 0.247. The summed E-state index contributed by atoms with van der Waals surface area (Å²) in [5.41, 5.74) is -0.239. The number of carboxylic acids is 1. The van der Waals surface area contributed by atoms with Crippen molar-refractivity contribution in [1.29, 1.82) is 0 Å². The van der Waals surface area contributed by atoms with Crippen LogP contribution in [0.5, 0.6) is 17.4 Å². The molecule has 0 amide bonds. The molecular weight excluding hydrogens is 294 g/mol. The number of benzene rings is 1. The molecule has 0 fully saturated rings. The fraction of sp³-hybridized carbons (Fsp3) is 0.200. The number of hydrogen-bond acceptors (Lipinski definition) is 4. The summed E-state index contributed by atoms with van der Waals surface area (Å²) in [7, 11) is 0. The van der Waals surface area contributed by atoms with E-state index in [1.165, 1.54) is 12.1 Å². The topological polar surface area (TPSA) is 68.7 Å². The van der Waals surface area contributed by atoms with Crippen molar-refractivity contribution >= 4 is 17.6 Å². The van der Waals surface area contributed by atoms with Gasteiger partial charge in [0, 0.05) is 6.07 Å². The zero-order valence-electron chi connectivity index (χ0n) is 11.4. The smallest absolute Gasteiger partial charge is 0.356 e. The van der Waals surface area contributed by atoms with Gasteiger partial charge in [0.05, 0.1) is 11.6 Å². The van der Waals surface area contributed by atoms with Crippen LogP contribution >= 0.6 is 11.6 Å². The average Bonchev–Trinajstić information content (AvgIpc) is 2.48. The molecule has 0 aliphatic carbocycles. The number of hydrogen-bond donors (Lipinski definition) is 1. The van der Waals surface area contributed by atoms with Crippen LogP contribution in [-0.4, -0.2) is 22.7 Å². The average molecular weight is 308 g/mol. The second kappa shape index (κ2) is 6.95. The van der Waals surface area contributed by atoms with E-state index in [2.05, 4.69) is 4.98 Å². The van der Waals surface area contributed by atoms with Gasteiger partial charge in [-0.15, -0.1) is 0 Å². The van der Waals surface area contributed by atoms with Crippen LogP contribution in [0.25, 0.3) is 0 Å². The largest absolute Gasteiger partial charge is 0.494 e. The summed E-state index contributed by atoms with van der Waals surface area (Å²) in [6, 6.07) is 9.95. The zero-order chi connectivity index (χ0) is 15.2. The Bertz CT molecular complexity index is 628. The number of aromatic nitrogens is 1. The Morgan fingerprint density at radius 3 is 2.48 bits per heavy atom. The molecule has 0 saturated heterocycles. The molecule has 2 aromatic rings.